The zero-order valence-electron chi connectivity index (χ0n) is 15.8. The van der Waals surface area contributed by atoms with Gasteiger partial charge in [-0.1, -0.05) is 12.1 Å². The summed E-state index contributed by atoms with van der Waals surface area (Å²) in [5.41, 5.74) is 11.6. The molecule has 5 N–H and O–H groups in total. The van der Waals surface area contributed by atoms with Crippen LogP contribution in [0.1, 0.15) is 35.6 Å². The number of fused-ring (bicyclic) bond motifs is 2. The molecule has 0 saturated carbocycles. The quantitative estimate of drug-likeness (QED) is 0.568. The molecule has 27 heavy (non-hydrogen) atoms. The number of anilines is 1. The Labute approximate surface area is 157 Å². The highest BCUT2D eigenvalue weighted by atomic mass is 16.1. The maximum atomic E-state index is 12.1. The average molecular weight is 364 g/mol. The zero-order valence-corrected chi connectivity index (χ0v) is 15.8. The SMILES string of the molecule is Cc1nc2cccc(-c3cc4c([nH]3)CCNC4=O)c2nc1NCC(C)(C)N. The van der Waals surface area contributed by atoms with E-state index in [-0.39, 0.29) is 11.4 Å². The Morgan fingerprint density at radius 1 is 1.26 bits per heavy atom. The van der Waals surface area contributed by atoms with Crippen molar-refractivity contribution in [1.29, 1.82) is 0 Å². The van der Waals surface area contributed by atoms with Crippen molar-refractivity contribution in [3.8, 4) is 11.3 Å². The number of nitrogens with one attached hydrogen (secondary N) is 3. The lowest BCUT2D eigenvalue weighted by molar-refractivity contribution is 0.0946. The van der Waals surface area contributed by atoms with Crippen LogP contribution in [0.5, 0.6) is 0 Å². The van der Waals surface area contributed by atoms with Crippen LogP contribution < -0.4 is 16.4 Å². The number of aromatic nitrogens is 3. The number of H-pyrrole nitrogens is 1. The molecule has 0 atom stereocenters. The van der Waals surface area contributed by atoms with Gasteiger partial charge in [-0.25, -0.2) is 9.97 Å². The van der Waals surface area contributed by atoms with E-state index in [1.807, 2.05) is 45.0 Å². The zero-order chi connectivity index (χ0) is 19.2. The molecule has 0 spiro atoms. The number of hydrogen-bond acceptors (Lipinski definition) is 5. The summed E-state index contributed by atoms with van der Waals surface area (Å²) in [4.78, 5) is 25.0. The second kappa shape index (κ2) is 6.35. The van der Waals surface area contributed by atoms with Gasteiger partial charge in [0.2, 0.25) is 0 Å². The van der Waals surface area contributed by atoms with E-state index in [4.69, 9.17) is 15.7 Å². The Kier molecular flexibility index (Phi) is 4.11. The molecule has 3 aromatic rings. The molecule has 7 heteroatoms. The molecule has 0 aliphatic carbocycles. The lowest BCUT2D eigenvalue weighted by Crippen LogP contribution is -2.39. The van der Waals surface area contributed by atoms with Crippen LogP contribution in [0.2, 0.25) is 0 Å². The first-order chi connectivity index (χ1) is 12.8. The van der Waals surface area contributed by atoms with Crippen LogP contribution in [0, 0.1) is 6.92 Å². The number of aryl methyl sites for hydroxylation is 1. The van der Waals surface area contributed by atoms with Gasteiger partial charge < -0.3 is 21.4 Å². The number of carbonyl (C=O) groups is 1. The number of aromatic amines is 1. The highest BCUT2D eigenvalue weighted by Gasteiger charge is 2.21. The minimum absolute atomic E-state index is 0.0338. The van der Waals surface area contributed by atoms with Crippen molar-refractivity contribution in [2.45, 2.75) is 32.7 Å². The maximum Gasteiger partial charge on any atom is 0.253 e. The number of rotatable bonds is 4. The summed E-state index contributed by atoms with van der Waals surface area (Å²) in [5.74, 6) is 0.691. The molecule has 0 fully saturated rings. The van der Waals surface area contributed by atoms with E-state index in [1.54, 1.807) is 0 Å². The predicted octanol–water partition coefficient (Wildman–Crippen LogP) is 2.37. The van der Waals surface area contributed by atoms with E-state index in [2.05, 4.69) is 15.6 Å². The van der Waals surface area contributed by atoms with Gasteiger partial charge in [0, 0.05) is 42.0 Å². The molecular formula is C20H24N6O. The first-order valence-corrected chi connectivity index (χ1v) is 9.12. The molecular weight excluding hydrogens is 340 g/mol. The van der Waals surface area contributed by atoms with Gasteiger partial charge in [0.25, 0.3) is 5.91 Å². The van der Waals surface area contributed by atoms with Gasteiger partial charge in [0.1, 0.15) is 11.3 Å². The summed E-state index contributed by atoms with van der Waals surface area (Å²) in [6, 6.07) is 7.81. The van der Waals surface area contributed by atoms with E-state index < -0.39 is 0 Å². The van der Waals surface area contributed by atoms with Crippen LogP contribution in [-0.4, -0.2) is 39.5 Å². The Balaban J connectivity index is 1.80. The third-order valence-electron chi connectivity index (χ3n) is 4.68. The van der Waals surface area contributed by atoms with Crippen molar-refractivity contribution < 1.29 is 4.79 Å². The summed E-state index contributed by atoms with van der Waals surface area (Å²) in [6.45, 7) is 7.10. The monoisotopic (exact) mass is 364 g/mol. The van der Waals surface area contributed by atoms with Crippen molar-refractivity contribution in [2.24, 2.45) is 5.73 Å². The van der Waals surface area contributed by atoms with E-state index in [9.17, 15) is 4.79 Å². The topological polar surface area (TPSA) is 109 Å². The van der Waals surface area contributed by atoms with Crippen LogP contribution in [0.4, 0.5) is 5.82 Å². The van der Waals surface area contributed by atoms with Crippen molar-refractivity contribution >= 4 is 22.8 Å². The summed E-state index contributed by atoms with van der Waals surface area (Å²) in [5, 5.41) is 6.19. The molecule has 0 unspecified atom stereocenters. The average Bonchev–Trinajstić information content (AvgIpc) is 3.04. The number of amides is 1. The Morgan fingerprint density at radius 2 is 2.07 bits per heavy atom. The summed E-state index contributed by atoms with van der Waals surface area (Å²) in [6.07, 6.45) is 0.801. The molecule has 2 aromatic heterocycles. The molecule has 1 aromatic carbocycles. The maximum absolute atomic E-state index is 12.1. The number of nitrogens with zero attached hydrogens (tertiary/aromatic N) is 2. The molecule has 1 aliphatic rings. The smallest absolute Gasteiger partial charge is 0.253 e. The Morgan fingerprint density at radius 3 is 2.81 bits per heavy atom. The van der Waals surface area contributed by atoms with Gasteiger partial charge in [-0.15, -0.1) is 0 Å². The first-order valence-electron chi connectivity index (χ1n) is 9.12. The van der Waals surface area contributed by atoms with E-state index >= 15 is 0 Å². The minimum atomic E-state index is -0.353. The number of para-hydroxylation sites is 1. The lowest BCUT2D eigenvalue weighted by atomic mass is 10.1. The fraction of sp³-hybridized carbons (Fsp3) is 0.350. The third kappa shape index (κ3) is 3.38. The lowest BCUT2D eigenvalue weighted by Gasteiger charge is -2.20. The van der Waals surface area contributed by atoms with Crippen LogP contribution in [0.25, 0.3) is 22.3 Å². The van der Waals surface area contributed by atoms with Crippen LogP contribution in [0.3, 0.4) is 0 Å². The summed E-state index contributed by atoms with van der Waals surface area (Å²) < 4.78 is 0. The molecule has 1 amide bonds. The van der Waals surface area contributed by atoms with Crippen molar-refractivity contribution in [2.75, 3.05) is 18.4 Å². The summed E-state index contributed by atoms with van der Waals surface area (Å²) >= 11 is 0. The second-order valence-electron chi connectivity index (χ2n) is 7.75. The van der Waals surface area contributed by atoms with Crippen LogP contribution in [0.15, 0.2) is 24.3 Å². The van der Waals surface area contributed by atoms with Crippen molar-refractivity contribution in [3.63, 3.8) is 0 Å². The number of benzene rings is 1. The largest absolute Gasteiger partial charge is 0.367 e. The van der Waals surface area contributed by atoms with E-state index in [0.717, 1.165) is 45.9 Å². The van der Waals surface area contributed by atoms with Gasteiger partial charge in [0.05, 0.1) is 16.8 Å². The normalized spacial score (nSPS) is 14.1. The Hall–Kier alpha value is -2.93. The molecule has 0 radical (unpaired) electrons. The van der Waals surface area contributed by atoms with Crippen molar-refractivity contribution in [1.82, 2.24) is 20.3 Å². The number of hydrogen-bond donors (Lipinski definition) is 4. The molecule has 1 aliphatic heterocycles. The summed E-state index contributed by atoms with van der Waals surface area (Å²) in [7, 11) is 0. The van der Waals surface area contributed by atoms with E-state index in [0.29, 0.717) is 18.7 Å². The Bertz CT molecular complexity index is 1030. The third-order valence-corrected chi connectivity index (χ3v) is 4.68. The molecule has 4 rings (SSSR count). The molecule has 0 saturated heterocycles. The fourth-order valence-corrected chi connectivity index (χ4v) is 3.30. The fourth-order valence-electron chi connectivity index (χ4n) is 3.30. The predicted molar refractivity (Wildman–Crippen MR) is 107 cm³/mol. The molecule has 3 heterocycles. The highest BCUT2D eigenvalue weighted by molar-refractivity contribution is 5.99. The van der Waals surface area contributed by atoms with Gasteiger partial charge in [-0.3, -0.25) is 4.79 Å². The van der Waals surface area contributed by atoms with Crippen molar-refractivity contribution in [3.05, 3.63) is 41.2 Å². The molecule has 140 valence electrons. The standard InChI is InChI=1S/C20H24N6O/c1-11-18(23-10-20(2,3)21)26-17-12(5-4-6-15(17)24-11)16-9-13-14(25-16)7-8-22-19(13)27/h4-6,9,25H,7-8,10,21H2,1-3H3,(H,22,27)(H,23,26). The second-order valence-corrected chi connectivity index (χ2v) is 7.75. The van der Waals surface area contributed by atoms with Crippen LogP contribution in [-0.2, 0) is 6.42 Å². The van der Waals surface area contributed by atoms with Gasteiger partial charge >= 0.3 is 0 Å². The van der Waals surface area contributed by atoms with Gasteiger partial charge in [-0.05, 0) is 32.9 Å². The van der Waals surface area contributed by atoms with Gasteiger partial charge in [0.15, 0.2) is 0 Å². The van der Waals surface area contributed by atoms with Crippen LogP contribution >= 0.6 is 0 Å². The minimum Gasteiger partial charge on any atom is -0.367 e. The molecule has 7 nitrogen and oxygen atoms in total. The van der Waals surface area contributed by atoms with E-state index in [1.165, 1.54) is 0 Å². The number of carbonyl (C=O) groups excluding carboxylic acids is 1. The van der Waals surface area contributed by atoms with Gasteiger partial charge in [-0.2, -0.15) is 0 Å². The molecule has 0 bridgehead atoms. The highest BCUT2D eigenvalue weighted by Crippen LogP contribution is 2.30. The first kappa shape index (κ1) is 17.5. The number of nitrogens with two attached hydrogens (primary N) is 1.